The Morgan fingerprint density at radius 3 is 2.60 bits per heavy atom. The van der Waals surface area contributed by atoms with Gasteiger partial charge < -0.3 is 9.84 Å². The topological polar surface area (TPSA) is 59.4 Å². The third-order valence-corrected chi connectivity index (χ3v) is 3.17. The number of benzene rings is 1. The summed E-state index contributed by atoms with van der Waals surface area (Å²) < 4.78 is 6.56. The van der Waals surface area contributed by atoms with E-state index in [2.05, 4.69) is 20.9 Å². The van der Waals surface area contributed by atoms with E-state index < -0.39 is 5.97 Å². The molecule has 0 fully saturated rings. The first-order valence-corrected chi connectivity index (χ1v) is 7.05. The molecule has 20 heavy (non-hydrogen) atoms. The van der Waals surface area contributed by atoms with Crippen LogP contribution in [0.15, 0.2) is 40.9 Å². The van der Waals surface area contributed by atoms with Gasteiger partial charge in [-0.3, -0.25) is 0 Å². The molecule has 0 saturated heterocycles. The molecule has 0 spiro atoms. The minimum atomic E-state index is -0.981. The number of ether oxygens (including phenoxy) is 1. The molecule has 0 radical (unpaired) electrons. The van der Waals surface area contributed by atoms with Crippen molar-refractivity contribution >= 4 is 21.9 Å². The molecule has 5 heteroatoms. The maximum absolute atomic E-state index is 11.1. The van der Waals surface area contributed by atoms with E-state index >= 15 is 0 Å². The maximum atomic E-state index is 11.1. The van der Waals surface area contributed by atoms with Gasteiger partial charge in [-0.15, -0.1) is 0 Å². The average Bonchev–Trinajstić information content (AvgIpc) is 2.41. The number of aromatic nitrogens is 1. The first kappa shape index (κ1) is 14.5. The highest BCUT2D eigenvalue weighted by Crippen LogP contribution is 2.23. The summed E-state index contributed by atoms with van der Waals surface area (Å²) in [6, 6.07) is 10.3. The second kappa shape index (κ2) is 6.52. The fourth-order valence-corrected chi connectivity index (χ4v) is 2.01. The van der Waals surface area contributed by atoms with Gasteiger partial charge in [0, 0.05) is 16.2 Å². The van der Waals surface area contributed by atoms with Gasteiger partial charge in [0.2, 0.25) is 5.88 Å². The molecule has 0 atom stereocenters. The zero-order valence-corrected chi connectivity index (χ0v) is 12.6. The van der Waals surface area contributed by atoms with Crippen LogP contribution in [-0.4, -0.2) is 16.1 Å². The lowest BCUT2D eigenvalue weighted by atomic mass is 10.1. The van der Waals surface area contributed by atoms with Crippen LogP contribution < -0.4 is 4.74 Å². The Bertz CT molecular complexity index is 611. The standard InChI is InChI=1S/C15H14BrNO3/c1-2-3-12-8-10(15(18)19)9-14(17-12)20-13-6-4-11(16)5-7-13/h4-9H,2-3H2,1H3,(H,18,19). The molecule has 2 aromatic rings. The van der Waals surface area contributed by atoms with Crippen molar-refractivity contribution in [2.75, 3.05) is 0 Å². The molecule has 0 amide bonds. The van der Waals surface area contributed by atoms with Crippen LogP contribution >= 0.6 is 15.9 Å². The van der Waals surface area contributed by atoms with Gasteiger partial charge in [-0.1, -0.05) is 29.3 Å². The number of hydrogen-bond donors (Lipinski definition) is 1. The summed E-state index contributed by atoms with van der Waals surface area (Å²) in [5.41, 5.74) is 0.912. The number of carboxylic acid groups (broad SMARTS) is 1. The summed E-state index contributed by atoms with van der Waals surface area (Å²) in [6.45, 7) is 2.02. The van der Waals surface area contributed by atoms with E-state index in [0.717, 1.165) is 23.0 Å². The maximum Gasteiger partial charge on any atom is 0.335 e. The monoisotopic (exact) mass is 335 g/mol. The summed E-state index contributed by atoms with van der Waals surface area (Å²) in [6.07, 6.45) is 1.62. The Labute approximate surface area is 125 Å². The quantitative estimate of drug-likeness (QED) is 0.885. The normalized spacial score (nSPS) is 10.3. The lowest BCUT2D eigenvalue weighted by Gasteiger charge is -2.08. The van der Waals surface area contributed by atoms with Gasteiger partial charge in [0.05, 0.1) is 5.56 Å². The predicted molar refractivity (Wildman–Crippen MR) is 79.4 cm³/mol. The molecular formula is C15H14BrNO3. The Kier molecular flexibility index (Phi) is 4.74. The molecular weight excluding hydrogens is 322 g/mol. The van der Waals surface area contributed by atoms with Gasteiger partial charge >= 0.3 is 5.97 Å². The van der Waals surface area contributed by atoms with Crippen LogP contribution in [0.25, 0.3) is 0 Å². The zero-order valence-electron chi connectivity index (χ0n) is 11.0. The minimum Gasteiger partial charge on any atom is -0.478 e. The molecule has 2 rings (SSSR count). The number of pyridine rings is 1. The van der Waals surface area contributed by atoms with Gasteiger partial charge in [0.1, 0.15) is 5.75 Å². The summed E-state index contributed by atoms with van der Waals surface area (Å²) in [5, 5.41) is 9.11. The first-order valence-electron chi connectivity index (χ1n) is 6.26. The van der Waals surface area contributed by atoms with Gasteiger partial charge in [-0.25, -0.2) is 9.78 Å². The molecule has 1 heterocycles. The number of nitrogens with zero attached hydrogens (tertiary/aromatic N) is 1. The fraction of sp³-hybridized carbons (Fsp3) is 0.200. The van der Waals surface area contributed by atoms with Crippen molar-refractivity contribution < 1.29 is 14.6 Å². The second-order valence-electron chi connectivity index (χ2n) is 4.30. The number of carbonyl (C=O) groups is 1. The average molecular weight is 336 g/mol. The van der Waals surface area contributed by atoms with E-state index in [1.807, 2.05) is 19.1 Å². The van der Waals surface area contributed by atoms with Crippen molar-refractivity contribution in [2.24, 2.45) is 0 Å². The van der Waals surface area contributed by atoms with Crippen LogP contribution in [0.2, 0.25) is 0 Å². The van der Waals surface area contributed by atoms with Gasteiger partial charge in [0.25, 0.3) is 0 Å². The van der Waals surface area contributed by atoms with Gasteiger partial charge in [-0.05, 0) is 36.8 Å². The van der Waals surface area contributed by atoms with Crippen molar-refractivity contribution in [3.63, 3.8) is 0 Å². The zero-order chi connectivity index (χ0) is 14.5. The summed E-state index contributed by atoms with van der Waals surface area (Å²) in [4.78, 5) is 15.4. The van der Waals surface area contributed by atoms with Crippen molar-refractivity contribution in [1.29, 1.82) is 0 Å². The molecule has 0 unspecified atom stereocenters. The Balaban J connectivity index is 2.29. The van der Waals surface area contributed by atoms with E-state index in [-0.39, 0.29) is 5.56 Å². The highest BCUT2D eigenvalue weighted by atomic mass is 79.9. The second-order valence-corrected chi connectivity index (χ2v) is 5.21. The molecule has 0 aliphatic carbocycles. The van der Waals surface area contributed by atoms with Crippen molar-refractivity contribution in [1.82, 2.24) is 4.98 Å². The van der Waals surface area contributed by atoms with Crippen LogP contribution in [0, 0.1) is 0 Å². The fourth-order valence-electron chi connectivity index (χ4n) is 1.74. The SMILES string of the molecule is CCCc1cc(C(=O)O)cc(Oc2ccc(Br)cc2)n1. The van der Waals surface area contributed by atoms with Gasteiger partial charge in [0.15, 0.2) is 0 Å². The predicted octanol–water partition coefficient (Wildman–Crippen LogP) is 4.29. The lowest BCUT2D eigenvalue weighted by molar-refractivity contribution is 0.0696. The van der Waals surface area contributed by atoms with Crippen LogP contribution in [0.5, 0.6) is 11.6 Å². The van der Waals surface area contributed by atoms with Crippen LogP contribution in [0.1, 0.15) is 29.4 Å². The molecule has 1 N–H and O–H groups in total. The lowest BCUT2D eigenvalue weighted by Crippen LogP contribution is -2.02. The molecule has 0 saturated carbocycles. The molecule has 0 aliphatic rings. The van der Waals surface area contributed by atoms with E-state index in [4.69, 9.17) is 9.84 Å². The highest BCUT2D eigenvalue weighted by molar-refractivity contribution is 9.10. The largest absolute Gasteiger partial charge is 0.478 e. The summed E-state index contributed by atoms with van der Waals surface area (Å²) in [5.74, 6) is -0.0632. The minimum absolute atomic E-state index is 0.190. The third kappa shape index (κ3) is 3.81. The Morgan fingerprint density at radius 1 is 1.30 bits per heavy atom. The number of aromatic carboxylic acids is 1. The van der Waals surface area contributed by atoms with E-state index in [9.17, 15) is 4.79 Å². The number of hydrogen-bond acceptors (Lipinski definition) is 3. The van der Waals surface area contributed by atoms with Gasteiger partial charge in [-0.2, -0.15) is 0 Å². The summed E-state index contributed by atoms with van der Waals surface area (Å²) in [7, 11) is 0. The third-order valence-electron chi connectivity index (χ3n) is 2.64. The van der Waals surface area contributed by atoms with Crippen LogP contribution in [0.4, 0.5) is 0 Å². The van der Waals surface area contributed by atoms with E-state index in [0.29, 0.717) is 11.6 Å². The first-order chi connectivity index (χ1) is 9.58. The number of aryl methyl sites for hydroxylation is 1. The van der Waals surface area contributed by atoms with Crippen LogP contribution in [-0.2, 0) is 6.42 Å². The molecule has 0 aliphatic heterocycles. The number of halogens is 1. The molecule has 0 bridgehead atoms. The molecule has 1 aromatic heterocycles. The summed E-state index contributed by atoms with van der Waals surface area (Å²) >= 11 is 3.34. The molecule has 4 nitrogen and oxygen atoms in total. The van der Waals surface area contributed by atoms with Crippen molar-refractivity contribution in [3.05, 3.63) is 52.1 Å². The van der Waals surface area contributed by atoms with E-state index in [1.165, 1.54) is 6.07 Å². The molecule has 1 aromatic carbocycles. The number of carboxylic acids is 1. The van der Waals surface area contributed by atoms with Crippen molar-refractivity contribution in [2.45, 2.75) is 19.8 Å². The Morgan fingerprint density at radius 2 is 2.00 bits per heavy atom. The van der Waals surface area contributed by atoms with E-state index in [1.54, 1.807) is 18.2 Å². The highest BCUT2D eigenvalue weighted by Gasteiger charge is 2.09. The smallest absolute Gasteiger partial charge is 0.335 e. The number of rotatable bonds is 5. The van der Waals surface area contributed by atoms with Crippen LogP contribution in [0.3, 0.4) is 0 Å². The molecule has 104 valence electrons. The Hall–Kier alpha value is -1.88. The van der Waals surface area contributed by atoms with Crippen molar-refractivity contribution in [3.8, 4) is 11.6 Å².